The maximum absolute atomic E-state index is 11.5. The van der Waals surface area contributed by atoms with Crippen LogP contribution in [0.25, 0.3) is 0 Å². The van der Waals surface area contributed by atoms with Crippen molar-refractivity contribution in [1.82, 2.24) is 15.1 Å². The van der Waals surface area contributed by atoms with Gasteiger partial charge in [-0.15, -0.1) is 0 Å². The van der Waals surface area contributed by atoms with Crippen molar-refractivity contribution in [2.75, 3.05) is 26.2 Å². The minimum atomic E-state index is -0.249. The van der Waals surface area contributed by atoms with Crippen LogP contribution < -0.4 is 5.32 Å². The normalized spacial score (nSPS) is 22.9. The van der Waals surface area contributed by atoms with Crippen LogP contribution in [0.4, 0.5) is 4.79 Å². The van der Waals surface area contributed by atoms with E-state index < -0.39 is 0 Å². The molecule has 2 saturated heterocycles. The molecular formula is C16H21N3O2. The summed E-state index contributed by atoms with van der Waals surface area (Å²) in [6.07, 6.45) is 3.23. The number of urea groups is 1. The summed E-state index contributed by atoms with van der Waals surface area (Å²) in [5.41, 5.74) is 1.37. The Bertz CT molecular complexity index is 502. The fourth-order valence-electron chi connectivity index (χ4n) is 3.26. The second-order valence-electron chi connectivity index (χ2n) is 5.66. The molecule has 0 spiro atoms. The van der Waals surface area contributed by atoms with Crippen molar-refractivity contribution < 1.29 is 9.59 Å². The van der Waals surface area contributed by atoms with Crippen LogP contribution in [0.1, 0.15) is 30.9 Å². The van der Waals surface area contributed by atoms with Crippen LogP contribution in [0, 0.1) is 0 Å². The van der Waals surface area contributed by atoms with Gasteiger partial charge in [-0.2, -0.15) is 0 Å². The van der Waals surface area contributed by atoms with Crippen LogP contribution in [-0.4, -0.2) is 47.9 Å². The van der Waals surface area contributed by atoms with E-state index in [-0.39, 0.29) is 18.5 Å². The molecule has 1 unspecified atom stereocenters. The average Bonchev–Trinajstić information content (AvgIpc) is 3.09. The molecule has 2 aliphatic rings. The van der Waals surface area contributed by atoms with Gasteiger partial charge >= 0.3 is 6.03 Å². The molecule has 3 rings (SSSR count). The standard InChI is InChI=1S/C16H21N3O2/c20-15-12-17-16(21)19(15)11-5-10-18-9-4-8-14(18)13-6-2-1-3-7-13/h1-3,6-7,14H,4-5,8-12H2,(H,17,21). The summed E-state index contributed by atoms with van der Waals surface area (Å²) in [6.45, 7) is 2.69. The number of carbonyl (C=O) groups is 2. The number of amides is 3. The summed E-state index contributed by atoms with van der Waals surface area (Å²) >= 11 is 0. The SMILES string of the molecule is O=C1CNC(=O)N1CCCN1CCCC1c1ccccc1. The number of nitrogens with zero attached hydrogens (tertiary/aromatic N) is 2. The molecule has 0 aliphatic carbocycles. The van der Waals surface area contributed by atoms with Crippen LogP contribution in [0.15, 0.2) is 30.3 Å². The molecule has 5 nitrogen and oxygen atoms in total. The Kier molecular flexibility index (Phi) is 4.20. The van der Waals surface area contributed by atoms with Gasteiger partial charge in [-0.25, -0.2) is 4.79 Å². The van der Waals surface area contributed by atoms with E-state index in [4.69, 9.17) is 0 Å². The van der Waals surface area contributed by atoms with Gasteiger partial charge in [0.2, 0.25) is 5.91 Å². The van der Waals surface area contributed by atoms with Gasteiger partial charge in [0.15, 0.2) is 0 Å². The van der Waals surface area contributed by atoms with Gasteiger partial charge in [0.1, 0.15) is 0 Å². The maximum atomic E-state index is 11.5. The zero-order valence-corrected chi connectivity index (χ0v) is 12.1. The van der Waals surface area contributed by atoms with Gasteiger partial charge in [-0.3, -0.25) is 14.6 Å². The van der Waals surface area contributed by atoms with Gasteiger partial charge in [0, 0.05) is 19.1 Å². The minimum Gasteiger partial charge on any atom is -0.329 e. The van der Waals surface area contributed by atoms with Crippen molar-refractivity contribution in [2.45, 2.75) is 25.3 Å². The summed E-state index contributed by atoms with van der Waals surface area (Å²) in [7, 11) is 0. The van der Waals surface area contributed by atoms with E-state index in [1.165, 1.54) is 23.3 Å². The quantitative estimate of drug-likeness (QED) is 0.840. The van der Waals surface area contributed by atoms with Gasteiger partial charge in [0.05, 0.1) is 6.54 Å². The van der Waals surface area contributed by atoms with Crippen molar-refractivity contribution in [3.63, 3.8) is 0 Å². The Morgan fingerprint density at radius 3 is 2.67 bits per heavy atom. The molecule has 3 amide bonds. The summed E-state index contributed by atoms with van der Waals surface area (Å²) in [5.74, 6) is -0.110. The lowest BCUT2D eigenvalue weighted by Gasteiger charge is -2.25. The minimum absolute atomic E-state index is 0.110. The van der Waals surface area contributed by atoms with Crippen LogP contribution in [0.3, 0.4) is 0 Å². The first kappa shape index (κ1) is 14.1. The fraction of sp³-hybridized carbons (Fsp3) is 0.500. The Balaban J connectivity index is 1.53. The van der Waals surface area contributed by atoms with E-state index in [1.54, 1.807) is 0 Å². The Morgan fingerprint density at radius 1 is 1.14 bits per heavy atom. The van der Waals surface area contributed by atoms with E-state index in [0.29, 0.717) is 12.6 Å². The molecule has 1 aromatic rings. The molecule has 0 radical (unpaired) electrons. The summed E-state index contributed by atoms with van der Waals surface area (Å²) in [4.78, 5) is 26.8. The number of imide groups is 1. The molecule has 1 atom stereocenters. The molecular weight excluding hydrogens is 266 g/mol. The van der Waals surface area contributed by atoms with Gasteiger partial charge in [0.25, 0.3) is 0 Å². The number of nitrogens with one attached hydrogen (secondary N) is 1. The maximum Gasteiger partial charge on any atom is 0.324 e. The number of rotatable bonds is 5. The molecule has 5 heteroatoms. The lowest BCUT2D eigenvalue weighted by molar-refractivity contribution is -0.125. The van der Waals surface area contributed by atoms with Crippen molar-refractivity contribution in [1.29, 1.82) is 0 Å². The highest BCUT2D eigenvalue weighted by atomic mass is 16.2. The van der Waals surface area contributed by atoms with Crippen LogP contribution in [-0.2, 0) is 4.79 Å². The zero-order chi connectivity index (χ0) is 14.7. The monoisotopic (exact) mass is 287 g/mol. The van der Waals surface area contributed by atoms with Crippen LogP contribution >= 0.6 is 0 Å². The summed E-state index contributed by atoms with van der Waals surface area (Å²) in [6, 6.07) is 10.8. The first-order chi connectivity index (χ1) is 10.3. The molecule has 0 saturated carbocycles. The van der Waals surface area contributed by atoms with Gasteiger partial charge < -0.3 is 5.32 Å². The highest BCUT2D eigenvalue weighted by Crippen LogP contribution is 2.31. The van der Waals surface area contributed by atoms with E-state index >= 15 is 0 Å². The zero-order valence-electron chi connectivity index (χ0n) is 12.1. The summed E-state index contributed by atoms with van der Waals surface area (Å²) < 4.78 is 0. The predicted molar refractivity (Wildman–Crippen MR) is 79.7 cm³/mol. The first-order valence-electron chi connectivity index (χ1n) is 7.63. The van der Waals surface area contributed by atoms with E-state index in [9.17, 15) is 9.59 Å². The third-order valence-electron chi connectivity index (χ3n) is 4.31. The molecule has 2 aliphatic heterocycles. The molecule has 21 heavy (non-hydrogen) atoms. The van der Waals surface area contributed by atoms with Crippen LogP contribution in [0.5, 0.6) is 0 Å². The third kappa shape index (κ3) is 3.08. The van der Waals surface area contributed by atoms with Crippen molar-refractivity contribution in [3.8, 4) is 0 Å². The van der Waals surface area contributed by atoms with Crippen molar-refractivity contribution in [2.24, 2.45) is 0 Å². The van der Waals surface area contributed by atoms with Gasteiger partial charge in [-0.1, -0.05) is 30.3 Å². The van der Waals surface area contributed by atoms with Gasteiger partial charge in [-0.05, 0) is 31.4 Å². The molecule has 0 aromatic heterocycles. The predicted octanol–water partition coefficient (Wildman–Crippen LogP) is 1.77. The Morgan fingerprint density at radius 2 is 1.95 bits per heavy atom. The number of hydrogen-bond donors (Lipinski definition) is 1. The van der Waals surface area contributed by atoms with Crippen molar-refractivity contribution >= 4 is 11.9 Å². The molecule has 112 valence electrons. The molecule has 1 aromatic carbocycles. The smallest absolute Gasteiger partial charge is 0.324 e. The molecule has 2 fully saturated rings. The second-order valence-corrected chi connectivity index (χ2v) is 5.66. The Hall–Kier alpha value is -1.88. The van der Waals surface area contributed by atoms with E-state index in [0.717, 1.165) is 19.5 Å². The molecule has 2 heterocycles. The fourth-order valence-corrected chi connectivity index (χ4v) is 3.26. The highest BCUT2D eigenvalue weighted by molar-refractivity contribution is 6.01. The van der Waals surface area contributed by atoms with Crippen LogP contribution in [0.2, 0.25) is 0 Å². The highest BCUT2D eigenvalue weighted by Gasteiger charge is 2.29. The first-order valence-corrected chi connectivity index (χ1v) is 7.63. The lowest BCUT2D eigenvalue weighted by atomic mass is 10.0. The molecule has 0 bridgehead atoms. The number of carbonyl (C=O) groups excluding carboxylic acids is 2. The second kappa shape index (κ2) is 6.26. The average molecular weight is 287 g/mol. The number of benzene rings is 1. The van der Waals surface area contributed by atoms with E-state index in [2.05, 4.69) is 34.5 Å². The largest absolute Gasteiger partial charge is 0.329 e. The van der Waals surface area contributed by atoms with E-state index in [1.807, 2.05) is 6.07 Å². The molecule has 1 N–H and O–H groups in total. The van der Waals surface area contributed by atoms with Crippen molar-refractivity contribution in [3.05, 3.63) is 35.9 Å². The summed E-state index contributed by atoms with van der Waals surface area (Å²) in [5, 5.41) is 2.56. The topological polar surface area (TPSA) is 52.7 Å². The number of hydrogen-bond acceptors (Lipinski definition) is 3. The Labute approximate surface area is 124 Å². The lowest BCUT2D eigenvalue weighted by Crippen LogP contribution is -2.34. The third-order valence-corrected chi connectivity index (χ3v) is 4.31. The number of likely N-dealkylation sites (tertiary alicyclic amines) is 1.